The van der Waals surface area contributed by atoms with Crippen LogP contribution in [0.15, 0.2) is 54.9 Å². The fourth-order valence-corrected chi connectivity index (χ4v) is 2.18. The van der Waals surface area contributed by atoms with Crippen LogP contribution >= 0.6 is 0 Å². The number of nitrogens with zero attached hydrogens (tertiary/aromatic N) is 2. The monoisotopic (exact) mass is 239 g/mol. The molecule has 0 bridgehead atoms. The van der Waals surface area contributed by atoms with E-state index in [0.29, 0.717) is 6.61 Å². The molecule has 1 aromatic carbocycles. The lowest BCUT2D eigenvalue weighted by atomic mass is 10.2. The van der Waals surface area contributed by atoms with E-state index in [0.717, 1.165) is 12.1 Å². The number of aromatic nitrogens is 1. The summed E-state index contributed by atoms with van der Waals surface area (Å²) in [6, 6.07) is 14.4. The van der Waals surface area contributed by atoms with Crippen LogP contribution in [0.1, 0.15) is 17.4 Å². The van der Waals surface area contributed by atoms with Crippen LogP contribution in [0.4, 0.5) is 0 Å². The van der Waals surface area contributed by atoms with E-state index in [4.69, 9.17) is 4.74 Å². The largest absolute Gasteiger partial charge is 0.357 e. The summed E-state index contributed by atoms with van der Waals surface area (Å²) in [6.45, 7) is 3.64. The van der Waals surface area contributed by atoms with Crippen molar-refractivity contribution >= 4 is 0 Å². The fourth-order valence-electron chi connectivity index (χ4n) is 2.18. The maximum absolute atomic E-state index is 5.77. The second-order valence-corrected chi connectivity index (χ2v) is 4.31. The Morgan fingerprint density at radius 3 is 2.67 bits per heavy atom. The first-order valence-electron chi connectivity index (χ1n) is 6.08. The summed E-state index contributed by atoms with van der Waals surface area (Å²) in [5.74, 6) is 0. The molecule has 0 spiro atoms. The van der Waals surface area contributed by atoms with Gasteiger partial charge in [-0.05, 0) is 23.3 Å². The van der Waals surface area contributed by atoms with Gasteiger partial charge in [0.2, 0.25) is 0 Å². The Labute approximate surface area is 107 Å². The molecule has 1 saturated heterocycles. The predicted octanol–water partition coefficient (Wildman–Crippen LogP) is 2.77. The molecule has 1 aliphatic heterocycles. The highest BCUT2D eigenvalue weighted by atomic mass is 16.5. The maximum atomic E-state index is 5.77. The average Bonchev–Trinajstić information content (AvgIpc) is 2.89. The van der Waals surface area contributed by atoms with Gasteiger partial charge in [-0.15, -0.1) is 0 Å². The predicted molar refractivity (Wildman–Crippen MR) is 69.2 cm³/mol. The van der Waals surface area contributed by atoms with Crippen molar-refractivity contribution in [2.24, 2.45) is 0 Å². The quantitative estimate of drug-likeness (QED) is 0.823. The molecule has 0 N–H and O–H groups in total. The molecule has 1 fully saturated rings. The Morgan fingerprint density at radius 1 is 1.11 bits per heavy atom. The molecule has 91 valence electrons. The van der Waals surface area contributed by atoms with E-state index in [2.05, 4.69) is 40.7 Å². The second-order valence-electron chi connectivity index (χ2n) is 4.31. The molecule has 3 nitrogen and oxygen atoms in total. The third-order valence-corrected chi connectivity index (χ3v) is 3.06. The van der Waals surface area contributed by atoms with Crippen LogP contribution in [0, 0.1) is 6.54 Å². The Balaban J connectivity index is 1.76. The molecule has 0 amide bonds. The minimum absolute atomic E-state index is 0.00760. The zero-order chi connectivity index (χ0) is 12.2. The highest BCUT2D eigenvalue weighted by Gasteiger charge is 2.26. The number of benzene rings is 1. The molecular formula is C15H15N2O. The van der Waals surface area contributed by atoms with Crippen LogP contribution in [-0.2, 0) is 11.3 Å². The first-order chi connectivity index (χ1) is 8.93. The van der Waals surface area contributed by atoms with Crippen molar-refractivity contribution in [1.29, 1.82) is 0 Å². The lowest BCUT2D eigenvalue weighted by molar-refractivity contribution is 0.0307. The normalized spacial score (nSPS) is 20.1. The Morgan fingerprint density at radius 2 is 1.89 bits per heavy atom. The van der Waals surface area contributed by atoms with Crippen LogP contribution in [0.25, 0.3) is 0 Å². The topological polar surface area (TPSA) is 25.4 Å². The van der Waals surface area contributed by atoms with Crippen molar-refractivity contribution in [2.45, 2.75) is 12.8 Å². The minimum atomic E-state index is 0.00760. The SMILES string of the molecule is [CH]1COC(c2ccncc2)N1Cc1ccccc1. The number of ether oxygens (including phenoxy) is 1. The van der Waals surface area contributed by atoms with E-state index in [1.54, 1.807) is 12.4 Å². The smallest absolute Gasteiger partial charge is 0.137 e. The zero-order valence-electron chi connectivity index (χ0n) is 10.1. The summed E-state index contributed by atoms with van der Waals surface area (Å²) in [7, 11) is 0. The summed E-state index contributed by atoms with van der Waals surface area (Å²) < 4.78 is 5.77. The number of hydrogen-bond acceptors (Lipinski definition) is 3. The van der Waals surface area contributed by atoms with Gasteiger partial charge in [0.15, 0.2) is 0 Å². The first kappa shape index (κ1) is 11.4. The lowest BCUT2D eigenvalue weighted by Gasteiger charge is -2.22. The third-order valence-electron chi connectivity index (χ3n) is 3.06. The van der Waals surface area contributed by atoms with Crippen LogP contribution < -0.4 is 0 Å². The summed E-state index contributed by atoms with van der Waals surface area (Å²) in [6.07, 6.45) is 3.61. The molecule has 0 aliphatic carbocycles. The summed E-state index contributed by atoms with van der Waals surface area (Å²) in [4.78, 5) is 6.27. The maximum Gasteiger partial charge on any atom is 0.137 e. The Kier molecular flexibility index (Phi) is 3.35. The van der Waals surface area contributed by atoms with Crippen molar-refractivity contribution in [3.63, 3.8) is 0 Å². The van der Waals surface area contributed by atoms with Crippen molar-refractivity contribution in [3.8, 4) is 0 Å². The van der Waals surface area contributed by atoms with Crippen molar-refractivity contribution in [3.05, 3.63) is 72.5 Å². The molecule has 1 aliphatic rings. The Bertz CT molecular complexity index is 486. The van der Waals surface area contributed by atoms with Gasteiger partial charge in [-0.1, -0.05) is 30.3 Å². The molecule has 1 atom stereocenters. The van der Waals surface area contributed by atoms with Crippen LogP contribution in [-0.4, -0.2) is 16.5 Å². The summed E-state index contributed by atoms with van der Waals surface area (Å²) in [5.41, 5.74) is 2.44. The fraction of sp³-hybridized carbons (Fsp3) is 0.200. The van der Waals surface area contributed by atoms with E-state index < -0.39 is 0 Å². The third kappa shape index (κ3) is 2.42. The molecule has 1 aromatic heterocycles. The van der Waals surface area contributed by atoms with Crippen LogP contribution in [0.5, 0.6) is 0 Å². The standard InChI is InChI=1S/C15H15N2O/c1-2-4-13(5-3-1)12-17-10-11-18-15(17)14-6-8-16-9-7-14/h1-10,15H,11-12H2. The first-order valence-corrected chi connectivity index (χ1v) is 6.08. The van der Waals surface area contributed by atoms with E-state index in [9.17, 15) is 0 Å². The van der Waals surface area contributed by atoms with E-state index in [1.807, 2.05) is 18.2 Å². The molecule has 3 rings (SSSR count). The van der Waals surface area contributed by atoms with Crippen molar-refractivity contribution in [2.75, 3.05) is 6.61 Å². The van der Waals surface area contributed by atoms with Crippen molar-refractivity contribution < 1.29 is 4.74 Å². The molecule has 2 heterocycles. The zero-order valence-corrected chi connectivity index (χ0v) is 10.1. The molecule has 3 heteroatoms. The highest BCUT2D eigenvalue weighted by molar-refractivity contribution is 5.18. The molecule has 0 saturated carbocycles. The van der Waals surface area contributed by atoms with Gasteiger partial charge >= 0.3 is 0 Å². The molecular weight excluding hydrogens is 224 g/mol. The molecule has 18 heavy (non-hydrogen) atoms. The van der Waals surface area contributed by atoms with Crippen LogP contribution in [0.2, 0.25) is 0 Å². The molecule has 2 aromatic rings. The van der Waals surface area contributed by atoms with Gasteiger partial charge in [0, 0.05) is 18.9 Å². The number of pyridine rings is 1. The van der Waals surface area contributed by atoms with E-state index >= 15 is 0 Å². The molecule has 1 unspecified atom stereocenters. The van der Waals surface area contributed by atoms with Gasteiger partial charge in [0.1, 0.15) is 6.23 Å². The number of rotatable bonds is 3. The van der Waals surface area contributed by atoms with Crippen LogP contribution in [0.3, 0.4) is 0 Å². The van der Waals surface area contributed by atoms with Crippen molar-refractivity contribution in [1.82, 2.24) is 9.88 Å². The summed E-state index contributed by atoms with van der Waals surface area (Å²) in [5, 5.41) is 0. The van der Waals surface area contributed by atoms with Gasteiger partial charge in [-0.25, -0.2) is 0 Å². The summed E-state index contributed by atoms with van der Waals surface area (Å²) >= 11 is 0. The Hall–Kier alpha value is -1.71. The lowest BCUT2D eigenvalue weighted by Crippen LogP contribution is -2.20. The van der Waals surface area contributed by atoms with Gasteiger partial charge in [-0.3, -0.25) is 9.88 Å². The van der Waals surface area contributed by atoms with Gasteiger partial charge < -0.3 is 4.74 Å². The average molecular weight is 239 g/mol. The van der Waals surface area contributed by atoms with E-state index in [-0.39, 0.29) is 6.23 Å². The van der Waals surface area contributed by atoms with E-state index in [1.165, 1.54) is 5.56 Å². The highest BCUT2D eigenvalue weighted by Crippen LogP contribution is 2.29. The molecule has 1 radical (unpaired) electrons. The van der Waals surface area contributed by atoms with Gasteiger partial charge in [-0.2, -0.15) is 0 Å². The van der Waals surface area contributed by atoms with Gasteiger partial charge in [0.25, 0.3) is 0 Å². The second kappa shape index (κ2) is 5.29. The number of hydrogen-bond donors (Lipinski definition) is 0. The van der Waals surface area contributed by atoms with Gasteiger partial charge in [0.05, 0.1) is 13.2 Å². The minimum Gasteiger partial charge on any atom is -0.357 e.